The number of nitrogens with one attached hydrogen (secondary N) is 1. The number of anilines is 1. The third-order valence-electron chi connectivity index (χ3n) is 9.01. The molecule has 2 aromatic heterocycles. The van der Waals surface area contributed by atoms with Crippen molar-refractivity contribution in [3.63, 3.8) is 0 Å². The van der Waals surface area contributed by atoms with Crippen LogP contribution in [0.1, 0.15) is 53.4 Å². The molecule has 2 aliphatic rings. The summed E-state index contributed by atoms with van der Waals surface area (Å²) >= 11 is 0. The second kappa shape index (κ2) is 13.5. The van der Waals surface area contributed by atoms with Crippen LogP contribution in [0.4, 0.5) is 5.82 Å². The molecular formula is C33H46N8O4. The van der Waals surface area contributed by atoms with E-state index in [1.165, 1.54) is 0 Å². The number of carbonyl (C=O) groups excluding carboxylic acids is 2. The number of likely N-dealkylation sites (tertiary alicyclic amines) is 2. The number of rotatable bonds is 9. The molecule has 1 aromatic carbocycles. The Bertz CT molecular complexity index is 1490. The number of para-hydroxylation sites is 1. The van der Waals surface area contributed by atoms with Crippen molar-refractivity contribution in [1.82, 2.24) is 35.1 Å². The number of aromatic hydroxyl groups is 1. The molecule has 3 atom stereocenters. The number of nitrogens with zero attached hydrogens (tertiary/aromatic N) is 6. The number of phenolic OH excluding ortho intramolecular Hbond substituents is 1. The lowest BCUT2D eigenvalue weighted by Crippen LogP contribution is -2.55. The van der Waals surface area contributed by atoms with Crippen molar-refractivity contribution in [1.29, 1.82) is 0 Å². The number of nitrogen functional groups attached to an aromatic ring is 1. The molecule has 0 bridgehead atoms. The van der Waals surface area contributed by atoms with E-state index in [9.17, 15) is 19.8 Å². The maximum Gasteiger partial charge on any atom is 0.246 e. The summed E-state index contributed by atoms with van der Waals surface area (Å²) in [4.78, 5) is 30.3. The molecule has 45 heavy (non-hydrogen) atoms. The topological polar surface area (TPSA) is 163 Å². The van der Waals surface area contributed by atoms with Gasteiger partial charge >= 0.3 is 0 Å². The number of piperidine rings is 1. The maximum atomic E-state index is 13.3. The maximum absolute atomic E-state index is 13.3. The summed E-state index contributed by atoms with van der Waals surface area (Å²) in [5.74, 6) is 0.628. The largest absolute Gasteiger partial charge is 0.507 e. The molecule has 2 saturated heterocycles. The van der Waals surface area contributed by atoms with E-state index >= 15 is 0 Å². The molecule has 5 N–H and O–H groups in total. The average molecular weight is 619 g/mol. The molecule has 2 amide bonds. The molecular weight excluding hydrogens is 572 g/mol. The van der Waals surface area contributed by atoms with Gasteiger partial charge in [0.25, 0.3) is 0 Å². The number of aliphatic hydroxyl groups excluding tert-OH is 1. The first-order valence-electron chi connectivity index (χ1n) is 15.8. The van der Waals surface area contributed by atoms with Crippen LogP contribution in [0.2, 0.25) is 0 Å². The average Bonchev–Trinajstić information content (AvgIpc) is 3.60. The van der Waals surface area contributed by atoms with E-state index in [0.717, 1.165) is 38.0 Å². The van der Waals surface area contributed by atoms with Crippen molar-refractivity contribution < 1.29 is 19.8 Å². The van der Waals surface area contributed by atoms with E-state index in [1.54, 1.807) is 29.3 Å². The quantitative estimate of drug-likeness (QED) is 0.282. The zero-order valence-electron chi connectivity index (χ0n) is 26.7. The Kier molecular flexibility index (Phi) is 9.73. The summed E-state index contributed by atoms with van der Waals surface area (Å²) < 4.78 is 1.94. The highest BCUT2D eigenvalue weighted by Gasteiger charge is 2.40. The number of benzene rings is 1. The number of phenols is 1. The fourth-order valence-electron chi connectivity index (χ4n) is 6.33. The molecule has 0 aliphatic carbocycles. The van der Waals surface area contributed by atoms with Gasteiger partial charge in [0, 0.05) is 55.0 Å². The lowest BCUT2D eigenvalue weighted by Gasteiger charge is -2.35. The molecule has 0 radical (unpaired) electrons. The van der Waals surface area contributed by atoms with E-state index in [1.807, 2.05) is 50.7 Å². The van der Waals surface area contributed by atoms with Gasteiger partial charge in [-0.2, -0.15) is 5.10 Å². The Labute approximate surface area is 264 Å². The number of amides is 2. The van der Waals surface area contributed by atoms with Crippen molar-refractivity contribution in [2.75, 3.05) is 31.9 Å². The molecule has 12 heteroatoms. The lowest BCUT2D eigenvalue weighted by molar-refractivity contribution is -0.140. The summed E-state index contributed by atoms with van der Waals surface area (Å²) in [5, 5.41) is 36.1. The van der Waals surface area contributed by atoms with Gasteiger partial charge in [0.1, 0.15) is 11.8 Å². The van der Waals surface area contributed by atoms with E-state index in [4.69, 9.17) is 5.73 Å². The summed E-state index contributed by atoms with van der Waals surface area (Å²) in [7, 11) is 0. The first-order chi connectivity index (χ1) is 21.4. The normalized spacial score (nSPS) is 20.3. The minimum atomic E-state index is -0.641. The van der Waals surface area contributed by atoms with E-state index in [-0.39, 0.29) is 23.6 Å². The number of aromatic nitrogens is 4. The number of hydrogen-bond acceptors (Lipinski definition) is 9. The van der Waals surface area contributed by atoms with Crippen molar-refractivity contribution in [3.05, 3.63) is 42.7 Å². The summed E-state index contributed by atoms with van der Waals surface area (Å²) in [5.41, 5.74) is 8.39. The van der Waals surface area contributed by atoms with Gasteiger partial charge in [0.15, 0.2) is 5.82 Å². The van der Waals surface area contributed by atoms with Gasteiger partial charge in [-0.1, -0.05) is 32.9 Å². The highest BCUT2D eigenvalue weighted by atomic mass is 16.3. The number of hydrogen-bond donors (Lipinski definition) is 4. The van der Waals surface area contributed by atoms with Crippen molar-refractivity contribution in [3.8, 4) is 28.1 Å². The van der Waals surface area contributed by atoms with E-state index in [2.05, 4.69) is 25.5 Å². The molecule has 3 aromatic rings. The molecule has 5 rings (SSSR count). The van der Waals surface area contributed by atoms with Crippen LogP contribution in [0.15, 0.2) is 42.7 Å². The van der Waals surface area contributed by atoms with Gasteiger partial charge in [-0.15, -0.1) is 10.2 Å². The van der Waals surface area contributed by atoms with Gasteiger partial charge in [0.2, 0.25) is 11.8 Å². The second-order valence-electron chi connectivity index (χ2n) is 13.6. The molecule has 2 fully saturated rings. The first-order valence-corrected chi connectivity index (χ1v) is 15.8. The summed E-state index contributed by atoms with van der Waals surface area (Å²) in [6, 6.07) is 8.12. The number of nitrogens with two attached hydrogens (primary N) is 1. The van der Waals surface area contributed by atoms with E-state index < -0.39 is 17.6 Å². The SMILES string of the molecule is C[C@@H]1C[C@@H](O)CN1C(=O)[C@@H](NC(=O)CCN1CCC(Cn2cc(-c3cc(-c4ccccc4O)nnc3N)cn2)CC1)C(C)(C)C. The zero-order chi connectivity index (χ0) is 32.3. The van der Waals surface area contributed by atoms with Crippen LogP contribution >= 0.6 is 0 Å². The highest BCUT2D eigenvalue weighted by Crippen LogP contribution is 2.32. The Balaban J connectivity index is 1.11. The predicted octanol–water partition coefficient (Wildman–Crippen LogP) is 2.91. The molecule has 0 saturated carbocycles. The van der Waals surface area contributed by atoms with Crippen LogP contribution in [0.3, 0.4) is 0 Å². The van der Waals surface area contributed by atoms with Gasteiger partial charge in [-0.25, -0.2) is 0 Å². The fourth-order valence-corrected chi connectivity index (χ4v) is 6.33. The third kappa shape index (κ3) is 7.80. The summed E-state index contributed by atoms with van der Waals surface area (Å²) in [6.07, 6.45) is 6.10. The van der Waals surface area contributed by atoms with Gasteiger partial charge in [-0.05, 0) is 68.8 Å². The van der Waals surface area contributed by atoms with Gasteiger partial charge < -0.3 is 31.1 Å². The number of carbonyl (C=O) groups is 2. The Hall–Kier alpha value is -4.03. The Morgan fingerprint density at radius 1 is 1.13 bits per heavy atom. The number of β-amino-alcohol motifs (C(OH)–C–C–N with tert-alkyl or cyclic N) is 1. The highest BCUT2D eigenvalue weighted by molar-refractivity contribution is 5.88. The van der Waals surface area contributed by atoms with Gasteiger partial charge in [-0.3, -0.25) is 14.3 Å². The Morgan fingerprint density at radius 3 is 2.53 bits per heavy atom. The number of aliphatic hydroxyl groups is 1. The van der Waals surface area contributed by atoms with Gasteiger partial charge in [0.05, 0.1) is 18.0 Å². The van der Waals surface area contributed by atoms with E-state index in [0.29, 0.717) is 54.5 Å². The molecule has 242 valence electrons. The molecule has 0 spiro atoms. The fraction of sp³-hybridized carbons (Fsp3) is 0.545. The van der Waals surface area contributed by atoms with Crippen LogP contribution in [0, 0.1) is 11.3 Å². The molecule has 0 unspecified atom stereocenters. The van der Waals surface area contributed by atoms with Crippen LogP contribution in [0.25, 0.3) is 22.4 Å². The molecule has 12 nitrogen and oxygen atoms in total. The van der Waals surface area contributed by atoms with Crippen LogP contribution in [-0.2, 0) is 16.1 Å². The predicted molar refractivity (Wildman–Crippen MR) is 172 cm³/mol. The van der Waals surface area contributed by atoms with Crippen LogP contribution in [0.5, 0.6) is 5.75 Å². The minimum absolute atomic E-state index is 0.0439. The second-order valence-corrected chi connectivity index (χ2v) is 13.6. The van der Waals surface area contributed by atoms with Crippen LogP contribution < -0.4 is 11.1 Å². The van der Waals surface area contributed by atoms with Crippen molar-refractivity contribution in [2.45, 2.75) is 78.1 Å². The Morgan fingerprint density at radius 2 is 1.87 bits per heavy atom. The van der Waals surface area contributed by atoms with Crippen molar-refractivity contribution >= 4 is 17.6 Å². The third-order valence-corrected chi connectivity index (χ3v) is 9.01. The standard InChI is InChI=1S/C33H46N8O4/c1-21-15-24(42)20-41(21)32(45)30(33(2,3)4)36-29(44)11-14-39-12-9-22(10-13-39)18-40-19-23(17-35-40)26-16-27(37-38-31(26)34)25-7-5-6-8-28(25)43/h5-8,16-17,19,21-22,24,30,42-43H,9-15,18,20H2,1-4H3,(H2,34,38)(H,36,44)/t21-,24-,30-/m1/s1. The smallest absolute Gasteiger partial charge is 0.246 e. The first kappa shape index (κ1) is 32.4. The minimum Gasteiger partial charge on any atom is -0.507 e. The molecule has 2 aliphatic heterocycles. The summed E-state index contributed by atoms with van der Waals surface area (Å²) in [6.45, 7) is 11.3. The molecule has 4 heterocycles. The lowest BCUT2D eigenvalue weighted by atomic mass is 9.85. The van der Waals surface area contributed by atoms with Crippen molar-refractivity contribution in [2.24, 2.45) is 11.3 Å². The van der Waals surface area contributed by atoms with Crippen LogP contribution in [-0.4, -0.2) is 96.2 Å². The zero-order valence-corrected chi connectivity index (χ0v) is 26.7. The monoisotopic (exact) mass is 618 g/mol.